The summed E-state index contributed by atoms with van der Waals surface area (Å²) < 4.78 is 0. The molecule has 0 aliphatic heterocycles. The van der Waals surface area contributed by atoms with Crippen LogP contribution in [0.1, 0.15) is 25.3 Å². The minimum Gasteiger partial charge on any atom is -0.508 e. The van der Waals surface area contributed by atoms with E-state index in [0.29, 0.717) is 12.3 Å². The molecule has 1 aromatic rings. The van der Waals surface area contributed by atoms with Gasteiger partial charge in [-0.15, -0.1) is 0 Å². The number of ketones is 1. The molecule has 0 aromatic heterocycles. The molecular weight excluding hydrogens is 202 g/mol. The molecule has 1 atom stereocenters. The summed E-state index contributed by atoms with van der Waals surface area (Å²) in [6.45, 7) is 1.83. The van der Waals surface area contributed by atoms with Crippen molar-refractivity contribution in [3.05, 3.63) is 29.8 Å². The van der Waals surface area contributed by atoms with Crippen molar-refractivity contribution in [3.63, 3.8) is 0 Å². The SMILES string of the molecule is CC(N)(C(=O)Cc1ccc(O)cc1)C1CC1. The van der Waals surface area contributed by atoms with Crippen molar-refractivity contribution < 1.29 is 9.90 Å². The Morgan fingerprint density at radius 3 is 2.50 bits per heavy atom. The van der Waals surface area contributed by atoms with Crippen LogP contribution in [0.3, 0.4) is 0 Å². The van der Waals surface area contributed by atoms with Crippen molar-refractivity contribution in [3.8, 4) is 5.75 Å². The standard InChI is InChI=1S/C13H17NO2/c1-13(14,10-4-5-10)12(16)8-9-2-6-11(15)7-3-9/h2-3,6-7,10,15H,4-5,8,14H2,1H3. The van der Waals surface area contributed by atoms with Gasteiger partial charge in [0.15, 0.2) is 5.78 Å². The molecule has 1 unspecified atom stereocenters. The fourth-order valence-electron chi connectivity index (χ4n) is 1.90. The van der Waals surface area contributed by atoms with E-state index in [1.54, 1.807) is 24.3 Å². The molecule has 1 aromatic carbocycles. The van der Waals surface area contributed by atoms with E-state index in [1.165, 1.54) is 0 Å². The first-order chi connectivity index (χ1) is 7.50. The zero-order valence-corrected chi connectivity index (χ0v) is 9.44. The van der Waals surface area contributed by atoms with Crippen molar-refractivity contribution in [2.75, 3.05) is 0 Å². The predicted molar refractivity (Wildman–Crippen MR) is 62.1 cm³/mol. The molecule has 0 radical (unpaired) electrons. The Morgan fingerprint density at radius 1 is 1.44 bits per heavy atom. The number of nitrogens with two attached hydrogens (primary N) is 1. The lowest BCUT2D eigenvalue weighted by atomic mass is 9.88. The largest absolute Gasteiger partial charge is 0.508 e. The number of phenols is 1. The number of Topliss-reactive ketones (excluding diaryl/α,β-unsaturated/α-hetero) is 1. The predicted octanol–water partition coefficient (Wildman–Crippen LogP) is 1.63. The fraction of sp³-hybridized carbons (Fsp3) is 0.462. The van der Waals surface area contributed by atoms with Gasteiger partial charge >= 0.3 is 0 Å². The van der Waals surface area contributed by atoms with E-state index in [1.807, 2.05) is 6.92 Å². The number of carbonyl (C=O) groups excluding carboxylic acids is 1. The van der Waals surface area contributed by atoms with E-state index in [4.69, 9.17) is 10.8 Å². The van der Waals surface area contributed by atoms with Crippen LogP contribution in [0.4, 0.5) is 0 Å². The minimum atomic E-state index is -0.683. The summed E-state index contributed by atoms with van der Waals surface area (Å²) in [6.07, 6.45) is 2.48. The van der Waals surface area contributed by atoms with Gasteiger partial charge in [-0.1, -0.05) is 12.1 Å². The number of carbonyl (C=O) groups is 1. The van der Waals surface area contributed by atoms with E-state index in [0.717, 1.165) is 18.4 Å². The molecule has 1 saturated carbocycles. The molecule has 0 saturated heterocycles. The van der Waals surface area contributed by atoms with Crippen LogP contribution in [0.25, 0.3) is 0 Å². The van der Waals surface area contributed by atoms with Crippen molar-refractivity contribution in [1.82, 2.24) is 0 Å². The number of aromatic hydroxyl groups is 1. The second-order valence-corrected chi connectivity index (χ2v) is 4.82. The highest BCUT2D eigenvalue weighted by Crippen LogP contribution is 2.38. The van der Waals surface area contributed by atoms with Crippen LogP contribution in [-0.4, -0.2) is 16.4 Å². The zero-order chi connectivity index (χ0) is 11.8. The van der Waals surface area contributed by atoms with Crippen LogP contribution in [0.2, 0.25) is 0 Å². The zero-order valence-electron chi connectivity index (χ0n) is 9.44. The first-order valence-electron chi connectivity index (χ1n) is 5.60. The Hall–Kier alpha value is -1.35. The van der Waals surface area contributed by atoms with Crippen LogP contribution in [-0.2, 0) is 11.2 Å². The topological polar surface area (TPSA) is 63.3 Å². The maximum Gasteiger partial charge on any atom is 0.156 e. The third kappa shape index (κ3) is 2.25. The minimum absolute atomic E-state index is 0.0840. The molecule has 3 nitrogen and oxygen atoms in total. The maximum atomic E-state index is 12.0. The second-order valence-electron chi connectivity index (χ2n) is 4.82. The average molecular weight is 219 g/mol. The van der Waals surface area contributed by atoms with Crippen LogP contribution < -0.4 is 5.73 Å². The van der Waals surface area contributed by atoms with Crippen LogP contribution in [0, 0.1) is 5.92 Å². The molecule has 16 heavy (non-hydrogen) atoms. The Labute approximate surface area is 95.3 Å². The third-order valence-electron chi connectivity index (χ3n) is 3.33. The lowest BCUT2D eigenvalue weighted by Crippen LogP contribution is -2.47. The smallest absolute Gasteiger partial charge is 0.156 e. The van der Waals surface area contributed by atoms with Crippen molar-refractivity contribution in [2.45, 2.75) is 31.7 Å². The van der Waals surface area contributed by atoms with Crippen molar-refractivity contribution in [2.24, 2.45) is 11.7 Å². The summed E-state index contributed by atoms with van der Waals surface area (Å²) in [7, 11) is 0. The van der Waals surface area contributed by atoms with E-state index in [-0.39, 0.29) is 11.5 Å². The molecule has 1 aliphatic rings. The summed E-state index contributed by atoms with van der Waals surface area (Å²) in [5.41, 5.74) is 6.26. The third-order valence-corrected chi connectivity index (χ3v) is 3.33. The molecule has 2 rings (SSSR count). The van der Waals surface area contributed by atoms with Crippen LogP contribution in [0.15, 0.2) is 24.3 Å². The van der Waals surface area contributed by atoms with Crippen molar-refractivity contribution in [1.29, 1.82) is 0 Å². The number of rotatable bonds is 4. The molecule has 3 heteroatoms. The van der Waals surface area contributed by atoms with Gasteiger partial charge in [0.05, 0.1) is 5.54 Å². The summed E-state index contributed by atoms with van der Waals surface area (Å²) >= 11 is 0. The lowest BCUT2D eigenvalue weighted by molar-refractivity contribution is -0.123. The van der Waals surface area contributed by atoms with Gasteiger partial charge in [0.25, 0.3) is 0 Å². The average Bonchev–Trinajstić information content (AvgIpc) is 3.05. The Balaban J connectivity index is 2.04. The van der Waals surface area contributed by atoms with E-state index < -0.39 is 5.54 Å². The van der Waals surface area contributed by atoms with Crippen molar-refractivity contribution >= 4 is 5.78 Å². The van der Waals surface area contributed by atoms with Crippen LogP contribution >= 0.6 is 0 Å². The summed E-state index contributed by atoms with van der Waals surface area (Å²) in [5.74, 6) is 0.659. The molecule has 3 N–H and O–H groups in total. The number of hydrogen-bond acceptors (Lipinski definition) is 3. The molecular formula is C13H17NO2. The van der Waals surface area contributed by atoms with Gasteiger partial charge < -0.3 is 10.8 Å². The van der Waals surface area contributed by atoms with Crippen LogP contribution in [0.5, 0.6) is 5.75 Å². The lowest BCUT2D eigenvalue weighted by Gasteiger charge is -2.22. The number of benzene rings is 1. The highest BCUT2D eigenvalue weighted by molar-refractivity contribution is 5.90. The molecule has 0 heterocycles. The quantitative estimate of drug-likeness (QED) is 0.809. The van der Waals surface area contributed by atoms with E-state index >= 15 is 0 Å². The second kappa shape index (κ2) is 3.91. The molecule has 1 fully saturated rings. The van der Waals surface area contributed by atoms with E-state index in [2.05, 4.69) is 0 Å². The molecule has 0 amide bonds. The van der Waals surface area contributed by atoms with E-state index in [9.17, 15) is 4.79 Å². The Kier molecular flexibility index (Phi) is 2.72. The normalized spacial score (nSPS) is 19.1. The first kappa shape index (κ1) is 11.1. The Bertz CT molecular complexity index is 391. The molecule has 0 bridgehead atoms. The number of phenolic OH excluding ortho intramolecular Hbond substituents is 1. The van der Waals surface area contributed by atoms with Gasteiger partial charge in [-0.25, -0.2) is 0 Å². The molecule has 0 spiro atoms. The molecule has 86 valence electrons. The highest BCUT2D eigenvalue weighted by atomic mass is 16.3. The Morgan fingerprint density at radius 2 is 2.00 bits per heavy atom. The molecule has 1 aliphatic carbocycles. The summed E-state index contributed by atoms with van der Waals surface area (Å²) in [4.78, 5) is 12.0. The highest BCUT2D eigenvalue weighted by Gasteiger charge is 2.43. The summed E-state index contributed by atoms with van der Waals surface area (Å²) in [5, 5.41) is 9.14. The summed E-state index contributed by atoms with van der Waals surface area (Å²) in [6, 6.07) is 6.70. The van der Waals surface area contributed by atoms with Gasteiger partial charge in [-0.3, -0.25) is 4.79 Å². The van der Waals surface area contributed by atoms with Gasteiger partial charge in [0.1, 0.15) is 5.75 Å². The number of hydrogen-bond donors (Lipinski definition) is 2. The van der Waals surface area contributed by atoms with Gasteiger partial charge in [-0.2, -0.15) is 0 Å². The fourth-order valence-corrected chi connectivity index (χ4v) is 1.90. The first-order valence-corrected chi connectivity index (χ1v) is 5.60. The monoisotopic (exact) mass is 219 g/mol. The van der Waals surface area contributed by atoms with Gasteiger partial charge in [0, 0.05) is 6.42 Å². The van der Waals surface area contributed by atoms with Gasteiger partial charge in [-0.05, 0) is 43.4 Å². The maximum absolute atomic E-state index is 12.0. The van der Waals surface area contributed by atoms with Gasteiger partial charge in [0.2, 0.25) is 0 Å².